The van der Waals surface area contributed by atoms with Crippen molar-refractivity contribution in [1.82, 2.24) is 0 Å². The molecule has 1 aliphatic heterocycles. The van der Waals surface area contributed by atoms with Gasteiger partial charge in [-0.1, -0.05) is 6.07 Å². The fourth-order valence-corrected chi connectivity index (χ4v) is 1.47. The molecule has 0 amide bonds. The molecule has 76 valence electrons. The maximum Gasteiger partial charge on any atom is 0.203 e. The fourth-order valence-electron chi connectivity index (χ4n) is 1.47. The summed E-state index contributed by atoms with van der Waals surface area (Å²) < 4.78 is 11.2. The van der Waals surface area contributed by atoms with Gasteiger partial charge >= 0.3 is 0 Å². The third-order valence-electron chi connectivity index (χ3n) is 2.23. The SMILES string of the molecule is Cc1ccc(O)c2c1OC(C)(C)CO2. The van der Waals surface area contributed by atoms with Gasteiger partial charge in [0.2, 0.25) is 5.75 Å². The van der Waals surface area contributed by atoms with Gasteiger partial charge in [0.05, 0.1) is 0 Å². The summed E-state index contributed by atoms with van der Waals surface area (Å²) in [5, 5.41) is 9.55. The van der Waals surface area contributed by atoms with E-state index in [0.717, 1.165) is 5.56 Å². The predicted octanol–water partition coefficient (Wildman–Crippen LogP) is 2.25. The minimum Gasteiger partial charge on any atom is -0.504 e. The van der Waals surface area contributed by atoms with Crippen LogP contribution in [0.1, 0.15) is 19.4 Å². The maximum absolute atomic E-state index is 9.55. The first-order chi connectivity index (χ1) is 6.49. The summed E-state index contributed by atoms with van der Waals surface area (Å²) in [5.74, 6) is 1.26. The third-order valence-corrected chi connectivity index (χ3v) is 2.23. The largest absolute Gasteiger partial charge is 0.504 e. The molecular weight excluding hydrogens is 180 g/mol. The highest BCUT2D eigenvalue weighted by Crippen LogP contribution is 2.43. The van der Waals surface area contributed by atoms with Gasteiger partial charge in [0, 0.05) is 0 Å². The zero-order valence-corrected chi connectivity index (χ0v) is 8.63. The van der Waals surface area contributed by atoms with E-state index < -0.39 is 0 Å². The molecule has 0 spiro atoms. The molecule has 3 heteroatoms. The highest BCUT2D eigenvalue weighted by molar-refractivity contribution is 5.55. The molecule has 3 nitrogen and oxygen atoms in total. The summed E-state index contributed by atoms with van der Waals surface area (Å²) in [6, 6.07) is 3.44. The number of fused-ring (bicyclic) bond motifs is 1. The quantitative estimate of drug-likeness (QED) is 0.688. The first-order valence-corrected chi connectivity index (χ1v) is 4.64. The normalized spacial score (nSPS) is 17.9. The van der Waals surface area contributed by atoms with Gasteiger partial charge in [0.15, 0.2) is 11.5 Å². The number of aromatic hydroxyl groups is 1. The number of hydrogen-bond donors (Lipinski definition) is 1. The highest BCUT2D eigenvalue weighted by atomic mass is 16.6. The van der Waals surface area contributed by atoms with Crippen molar-refractivity contribution in [2.24, 2.45) is 0 Å². The van der Waals surface area contributed by atoms with Crippen molar-refractivity contribution >= 4 is 0 Å². The Labute approximate surface area is 83.3 Å². The number of phenolic OH excluding ortho intramolecular Hbond substituents is 1. The maximum atomic E-state index is 9.55. The Morgan fingerprint density at radius 3 is 2.71 bits per heavy atom. The summed E-state index contributed by atoms with van der Waals surface area (Å²) in [6.45, 7) is 6.30. The Bertz CT molecular complexity index is 369. The number of phenols is 1. The van der Waals surface area contributed by atoms with E-state index in [1.165, 1.54) is 0 Å². The van der Waals surface area contributed by atoms with Crippen molar-refractivity contribution < 1.29 is 14.6 Å². The minimum absolute atomic E-state index is 0.140. The van der Waals surface area contributed by atoms with E-state index in [1.54, 1.807) is 6.07 Å². The lowest BCUT2D eigenvalue weighted by Crippen LogP contribution is -2.39. The molecule has 1 N–H and O–H groups in total. The van der Waals surface area contributed by atoms with Crippen LogP contribution in [0.5, 0.6) is 17.2 Å². The van der Waals surface area contributed by atoms with Gasteiger partial charge in [-0.3, -0.25) is 0 Å². The molecule has 0 aromatic heterocycles. The fraction of sp³-hybridized carbons (Fsp3) is 0.455. The lowest BCUT2D eigenvalue weighted by Gasteiger charge is -2.33. The summed E-state index contributed by atoms with van der Waals surface area (Å²) in [7, 11) is 0. The van der Waals surface area contributed by atoms with E-state index in [0.29, 0.717) is 18.1 Å². The lowest BCUT2D eigenvalue weighted by molar-refractivity contribution is 0.0187. The van der Waals surface area contributed by atoms with Crippen LogP contribution in [0.4, 0.5) is 0 Å². The topological polar surface area (TPSA) is 38.7 Å². The molecule has 0 saturated heterocycles. The van der Waals surface area contributed by atoms with Crippen molar-refractivity contribution in [3.8, 4) is 17.2 Å². The van der Waals surface area contributed by atoms with Gasteiger partial charge in [0.1, 0.15) is 12.2 Å². The Kier molecular flexibility index (Phi) is 1.84. The van der Waals surface area contributed by atoms with Crippen molar-refractivity contribution in [1.29, 1.82) is 0 Å². The van der Waals surface area contributed by atoms with E-state index in [4.69, 9.17) is 9.47 Å². The van der Waals surface area contributed by atoms with E-state index >= 15 is 0 Å². The van der Waals surface area contributed by atoms with Crippen molar-refractivity contribution in [3.63, 3.8) is 0 Å². The average Bonchev–Trinajstić information content (AvgIpc) is 2.10. The van der Waals surface area contributed by atoms with Crippen LogP contribution in [-0.2, 0) is 0 Å². The molecule has 1 aromatic rings. The Hall–Kier alpha value is -1.38. The molecule has 0 fully saturated rings. The second kappa shape index (κ2) is 2.80. The van der Waals surface area contributed by atoms with Crippen LogP contribution in [0.25, 0.3) is 0 Å². The van der Waals surface area contributed by atoms with Gasteiger partial charge in [-0.25, -0.2) is 0 Å². The number of aryl methyl sites for hydroxylation is 1. The van der Waals surface area contributed by atoms with Crippen molar-refractivity contribution in [3.05, 3.63) is 17.7 Å². The predicted molar refractivity (Wildman–Crippen MR) is 53.0 cm³/mol. The van der Waals surface area contributed by atoms with Gasteiger partial charge < -0.3 is 14.6 Å². The van der Waals surface area contributed by atoms with Crippen LogP contribution in [0, 0.1) is 6.92 Å². The van der Waals surface area contributed by atoms with Crippen LogP contribution in [0.3, 0.4) is 0 Å². The van der Waals surface area contributed by atoms with Gasteiger partial charge in [-0.05, 0) is 32.4 Å². The number of rotatable bonds is 0. The second-order valence-electron chi connectivity index (χ2n) is 4.21. The molecule has 0 saturated carbocycles. The zero-order chi connectivity index (χ0) is 10.3. The molecule has 1 aromatic carbocycles. The molecule has 0 radical (unpaired) electrons. The average molecular weight is 194 g/mol. The second-order valence-corrected chi connectivity index (χ2v) is 4.21. The van der Waals surface area contributed by atoms with Gasteiger partial charge in [-0.15, -0.1) is 0 Å². The highest BCUT2D eigenvalue weighted by Gasteiger charge is 2.30. The van der Waals surface area contributed by atoms with E-state index in [-0.39, 0.29) is 11.4 Å². The van der Waals surface area contributed by atoms with E-state index in [9.17, 15) is 5.11 Å². The van der Waals surface area contributed by atoms with Crippen molar-refractivity contribution in [2.75, 3.05) is 6.61 Å². The smallest absolute Gasteiger partial charge is 0.203 e. The summed E-state index contributed by atoms with van der Waals surface area (Å²) >= 11 is 0. The summed E-state index contributed by atoms with van der Waals surface area (Å²) in [6.07, 6.45) is 0. The molecule has 0 atom stereocenters. The molecule has 1 heterocycles. The molecule has 2 rings (SSSR count). The van der Waals surface area contributed by atoms with E-state index in [2.05, 4.69) is 0 Å². The van der Waals surface area contributed by atoms with Crippen LogP contribution < -0.4 is 9.47 Å². The molecule has 0 bridgehead atoms. The van der Waals surface area contributed by atoms with Gasteiger partial charge in [0.25, 0.3) is 0 Å². The number of hydrogen-bond acceptors (Lipinski definition) is 3. The monoisotopic (exact) mass is 194 g/mol. The van der Waals surface area contributed by atoms with Crippen molar-refractivity contribution in [2.45, 2.75) is 26.4 Å². The Balaban J connectivity index is 2.51. The summed E-state index contributed by atoms with van der Waals surface area (Å²) in [4.78, 5) is 0. The van der Waals surface area contributed by atoms with Crippen LogP contribution >= 0.6 is 0 Å². The Morgan fingerprint density at radius 2 is 2.00 bits per heavy atom. The third kappa shape index (κ3) is 1.39. The molecule has 1 aliphatic rings. The van der Waals surface area contributed by atoms with E-state index in [1.807, 2.05) is 26.8 Å². The Morgan fingerprint density at radius 1 is 1.29 bits per heavy atom. The molecular formula is C11H14O3. The first-order valence-electron chi connectivity index (χ1n) is 4.64. The lowest BCUT2D eigenvalue weighted by atomic mass is 10.1. The number of ether oxygens (including phenoxy) is 2. The van der Waals surface area contributed by atoms with Crippen LogP contribution in [-0.4, -0.2) is 17.3 Å². The zero-order valence-electron chi connectivity index (χ0n) is 8.63. The molecule has 0 aliphatic carbocycles. The standard InChI is InChI=1S/C11H14O3/c1-7-4-5-8(12)10-9(7)14-11(2,3)6-13-10/h4-5,12H,6H2,1-3H3. The number of benzene rings is 1. The van der Waals surface area contributed by atoms with Gasteiger partial charge in [-0.2, -0.15) is 0 Å². The van der Waals surface area contributed by atoms with Crippen LogP contribution in [0.15, 0.2) is 12.1 Å². The first kappa shape index (κ1) is 9.19. The minimum atomic E-state index is -0.328. The molecule has 14 heavy (non-hydrogen) atoms. The summed E-state index contributed by atoms with van der Waals surface area (Å²) in [5.41, 5.74) is 0.650. The van der Waals surface area contributed by atoms with Crippen LogP contribution in [0.2, 0.25) is 0 Å². The molecule has 0 unspecified atom stereocenters.